The molecule has 1 aromatic heterocycles. The van der Waals surface area contributed by atoms with Crippen molar-refractivity contribution in [1.29, 1.82) is 0 Å². The van der Waals surface area contributed by atoms with Crippen LogP contribution in [0.3, 0.4) is 0 Å². The number of rotatable bonds is 5. The van der Waals surface area contributed by atoms with Gasteiger partial charge in [0, 0.05) is 31.3 Å². The van der Waals surface area contributed by atoms with E-state index in [1.54, 1.807) is 13.2 Å². The second-order valence-electron chi connectivity index (χ2n) is 5.75. The molecule has 24 heavy (non-hydrogen) atoms. The number of methoxy groups -OCH3 is 1. The molecule has 0 saturated carbocycles. The number of aromatic nitrogens is 1. The molecule has 2 unspecified atom stereocenters. The molecule has 7 nitrogen and oxygen atoms in total. The zero-order chi connectivity index (χ0) is 17.1. The van der Waals surface area contributed by atoms with Crippen molar-refractivity contribution in [2.75, 3.05) is 13.7 Å². The van der Waals surface area contributed by atoms with Gasteiger partial charge >= 0.3 is 5.97 Å². The first-order chi connectivity index (χ1) is 11.6. The van der Waals surface area contributed by atoms with E-state index in [9.17, 15) is 9.59 Å². The number of ether oxygens (including phenoxy) is 1. The molecule has 0 aliphatic carbocycles. The quantitative estimate of drug-likeness (QED) is 0.902. The predicted molar refractivity (Wildman–Crippen MR) is 84.4 cm³/mol. The van der Waals surface area contributed by atoms with Crippen LogP contribution in [0.15, 0.2) is 40.9 Å². The first kappa shape index (κ1) is 16.2. The second kappa shape index (κ2) is 6.84. The van der Waals surface area contributed by atoms with Gasteiger partial charge in [0.25, 0.3) is 5.91 Å². The average molecular weight is 330 g/mol. The van der Waals surface area contributed by atoms with Gasteiger partial charge in [0.15, 0.2) is 0 Å². The van der Waals surface area contributed by atoms with Gasteiger partial charge in [-0.3, -0.25) is 9.59 Å². The van der Waals surface area contributed by atoms with Crippen LogP contribution in [-0.2, 0) is 9.53 Å². The zero-order valence-electron chi connectivity index (χ0n) is 13.2. The Kier molecular flexibility index (Phi) is 4.61. The number of carboxylic acid groups (broad SMARTS) is 1. The van der Waals surface area contributed by atoms with Crippen LogP contribution in [-0.4, -0.2) is 52.8 Å². The van der Waals surface area contributed by atoms with E-state index in [2.05, 4.69) is 5.16 Å². The molecule has 2 atom stereocenters. The summed E-state index contributed by atoms with van der Waals surface area (Å²) in [6.45, 7) is 0.342. The lowest BCUT2D eigenvalue weighted by Crippen LogP contribution is -2.37. The minimum Gasteiger partial charge on any atom is -0.481 e. The molecule has 2 heterocycles. The Morgan fingerprint density at radius 2 is 2.12 bits per heavy atom. The lowest BCUT2D eigenvalue weighted by atomic mass is 10.1. The second-order valence-corrected chi connectivity index (χ2v) is 5.75. The number of amides is 1. The summed E-state index contributed by atoms with van der Waals surface area (Å²) in [7, 11) is 1.55. The van der Waals surface area contributed by atoms with Gasteiger partial charge in [-0.15, -0.1) is 0 Å². The Balaban J connectivity index is 1.80. The van der Waals surface area contributed by atoms with Crippen LogP contribution >= 0.6 is 0 Å². The molecule has 0 radical (unpaired) electrons. The molecule has 7 heteroatoms. The highest BCUT2D eigenvalue weighted by Gasteiger charge is 2.38. The predicted octanol–water partition coefficient (Wildman–Crippen LogP) is 2.05. The standard InChI is InChI=1S/C17H18N2O5/c1-23-13-7-12(8-16(20)21)19(10-13)17(22)15-9-14(18-24-15)11-5-3-2-4-6-11/h2-6,9,12-13H,7-8,10H2,1H3,(H,20,21). The highest BCUT2D eigenvalue weighted by Crippen LogP contribution is 2.26. The van der Waals surface area contributed by atoms with Crippen molar-refractivity contribution in [1.82, 2.24) is 10.1 Å². The fraction of sp³-hybridized carbons (Fsp3) is 0.353. The van der Waals surface area contributed by atoms with E-state index < -0.39 is 12.0 Å². The minimum atomic E-state index is -0.947. The van der Waals surface area contributed by atoms with E-state index in [-0.39, 0.29) is 24.2 Å². The molecule has 0 bridgehead atoms. The Hall–Kier alpha value is -2.67. The largest absolute Gasteiger partial charge is 0.481 e. The molecule has 1 fully saturated rings. The van der Waals surface area contributed by atoms with Gasteiger partial charge in [0.05, 0.1) is 12.5 Å². The Morgan fingerprint density at radius 1 is 1.38 bits per heavy atom. The first-order valence-electron chi connectivity index (χ1n) is 7.66. The summed E-state index contributed by atoms with van der Waals surface area (Å²) in [5, 5.41) is 13.0. The number of carbonyl (C=O) groups is 2. The lowest BCUT2D eigenvalue weighted by Gasteiger charge is -2.21. The third kappa shape index (κ3) is 3.30. The van der Waals surface area contributed by atoms with Crippen molar-refractivity contribution >= 4 is 11.9 Å². The number of carboxylic acids is 1. The molecule has 0 spiro atoms. The fourth-order valence-corrected chi connectivity index (χ4v) is 2.95. The Labute approximate surface area is 138 Å². The summed E-state index contributed by atoms with van der Waals surface area (Å²) < 4.78 is 10.5. The Bertz CT molecular complexity index is 728. The third-order valence-electron chi connectivity index (χ3n) is 4.17. The lowest BCUT2D eigenvalue weighted by molar-refractivity contribution is -0.138. The van der Waals surface area contributed by atoms with Crippen LogP contribution < -0.4 is 0 Å². The van der Waals surface area contributed by atoms with E-state index in [0.29, 0.717) is 18.7 Å². The maximum atomic E-state index is 12.7. The molecule has 126 valence electrons. The topological polar surface area (TPSA) is 92.9 Å². The van der Waals surface area contributed by atoms with E-state index in [4.69, 9.17) is 14.4 Å². The summed E-state index contributed by atoms with van der Waals surface area (Å²) in [4.78, 5) is 25.2. The van der Waals surface area contributed by atoms with Crippen molar-refractivity contribution in [2.45, 2.75) is 25.0 Å². The van der Waals surface area contributed by atoms with Gasteiger partial charge in [0.2, 0.25) is 5.76 Å². The number of benzene rings is 1. The van der Waals surface area contributed by atoms with E-state index in [1.165, 1.54) is 4.90 Å². The third-order valence-corrected chi connectivity index (χ3v) is 4.17. The van der Waals surface area contributed by atoms with Crippen LogP contribution in [0.5, 0.6) is 0 Å². The van der Waals surface area contributed by atoms with Crippen molar-refractivity contribution < 1.29 is 24.0 Å². The normalized spacial score (nSPS) is 20.3. The summed E-state index contributed by atoms with van der Waals surface area (Å²) >= 11 is 0. The van der Waals surface area contributed by atoms with Gasteiger partial charge in [-0.05, 0) is 6.42 Å². The highest BCUT2D eigenvalue weighted by molar-refractivity contribution is 5.93. The number of likely N-dealkylation sites (tertiary alicyclic amines) is 1. The molecule has 1 aliphatic heterocycles. The molecule has 1 N–H and O–H groups in total. The molecule has 1 aromatic carbocycles. The summed E-state index contributed by atoms with van der Waals surface area (Å²) in [6, 6.07) is 10.5. The van der Waals surface area contributed by atoms with E-state index >= 15 is 0 Å². The molecular formula is C17H18N2O5. The molecule has 2 aromatic rings. The zero-order valence-corrected chi connectivity index (χ0v) is 13.2. The van der Waals surface area contributed by atoms with Gasteiger partial charge in [-0.1, -0.05) is 35.5 Å². The molecular weight excluding hydrogens is 312 g/mol. The average Bonchev–Trinajstić information content (AvgIpc) is 3.21. The van der Waals surface area contributed by atoms with Gasteiger partial charge in [-0.25, -0.2) is 0 Å². The summed E-state index contributed by atoms with van der Waals surface area (Å²) in [5.74, 6) is -1.21. The maximum Gasteiger partial charge on any atom is 0.305 e. The maximum absolute atomic E-state index is 12.7. The first-order valence-corrected chi connectivity index (χ1v) is 7.66. The van der Waals surface area contributed by atoms with Crippen molar-refractivity contribution in [2.24, 2.45) is 0 Å². The van der Waals surface area contributed by atoms with Crippen LogP contribution in [0.25, 0.3) is 11.3 Å². The molecule has 1 amide bonds. The van der Waals surface area contributed by atoms with E-state index in [1.807, 2.05) is 30.3 Å². The number of aliphatic carboxylic acids is 1. The minimum absolute atomic E-state index is 0.0981. The Morgan fingerprint density at radius 3 is 2.79 bits per heavy atom. The fourth-order valence-electron chi connectivity index (χ4n) is 2.95. The van der Waals surface area contributed by atoms with Crippen molar-refractivity contribution in [3.05, 3.63) is 42.2 Å². The van der Waals surface area contributed by atoms with Crippen LogP contribution in [0.4, 0.5) is 0 Å². The van der Waals surface area contributed by atoms with Gasteiger partial charge in [-0.2, -0.15) is 0 Å². The van der Waals surface area contributed by atoms with E-state index in [0.717, 1.165) is 5.56 Å². The molecule has 3 rings (SSSR count). The highest BCUT2D eigenvalue weighted by atomic mass is 16.5. The summed E-state index contributed by atoms with van der Waals surface area (Å²) in [5.41, 5.74) is 1.41. The molecule has 1 aliphatic rings. The van der Waals surface area contributed by atoms with Crippen LogP contribution in [0.2, 0.25) is 0 Å². The van der Waals surface area contributed by atoms with Crippen LogP contribution in [0, 0.1) is 0 Å². The summed E-state index contributed by atoms with van der Waals surface area (Å²) in [6.07, 6.45) is 0.203. The number of hydrogen-bond acceptors (Lipinski definition) is 5. The molecule has 1 saturated heterocycles. The number of hydrogen-bond donors (Lipinski definition) is 1. The van der Waals surface area contributed by atoms with Crippen molar-refractivity contribution in [3.8, 4) is 11.3 Å². The smallest absolute Gasteiger partial charge is 0.305 e. The number of carbonyl (C=O) groups excluding carboxylic acids is 1. The van der Waals surface area contributed by atoms with Crippen molar-refractivity contribution in [3.63, 3.8) is 0 Å². The SMILES string of the molecule is COC1CC(CC(=O)O)N(C(=O)c2cc(-c3ccccc3)no2)C1. The monoisotopic (exact) mass is 330 g/mol. The van der Waals surface area contributed by atoms with Crippen LogP contribution in [0.1, 0.15) is 23.4 Å². The van der Waals surface area contributed by atoms with Gasteiger partial charge in [0.1, 0.15) is 5.69 Å². The number of nitrogens with zero attached hydrogens (tertiary/aromatic N) is 2. The van der Waals surface area contributed by atoms with Gasteiger partial charge < -0.3 is 19.3 Å².